The summed E-state index contributed by atoms with van der Waals surface area (Å²) in [6.07, 6.45) is 4.77. The minimum Gasteiger partial charge on any atom is -0.458 e. The van der Waals surface area contributed by atoms with Crippen LogP contribution in [0.1, 0.15) is 65.2 Å². The van der Waals surface area contributed by atoms with Crippen molar-refractivity contribution in [2.75, 3.05) is 19.8 Å². The van der Waals surface area contributed by atoms with E-state index in [0.29, 0.717) is 31.3 Å². The Labute approximate surface area is 205 Å². The number of fused-ring (bicyclic) bond motifs is 1. The fourth-order valence-corrected chi connectivity index (χ4v) is 6.38. The second kappa shape index (κ2) is 11.1. The molecule has 3 aliphatic rings. The summed E-state index contributed by atoms with van der Waals surface area (Å²) in [7, 11) is 0. The summed E-state index contributed by atoms with van der Waals surface area (Å²) in [5.41, 5.74) is 0.626. The zero-order valence-electron chi connectivity index (χ0n) is 20.6. The average molecular weight is 496 g/mol. The molecule has 196 valence electrons. The molecule has 0 aromatic rings. The number of aliphatic hydroxyl groups excluding tert-OH is 2. The molecule has 1 saturated heterocycles. The summed E-state index contributed by atoms with van der Waals surface area (Å²) in [5, 5.41) is 30.1. The minimum absolute atomic E-state index is 0.0406. The third-order valence-electron chi connectivity index (χ3n) is 8.46. The Morgan fingerprint density at radius 3 is 2.77 bits per heavy atom. The lowest BCUT2D eigenvalue weighted by atomic mass is 9.46. The maximum Gasteiger partial charge on any atom is 0.337 e. The molecule has 10 heteroatoms. The highest BCUT2D eigenvalue weighted by Gasteiger charge is 2.57. The molecule has 1 aliphatic heterocycles. The average Bonchev–Trinajstić information content (AvgIpc) is 3.14. The Morgan fingerprint density at radius 2 is 2.09 bits per heavy atom. The summed E-state index contributed by atoms with van der Waals surface area (Å²) in [6.45, 7) is 8.24. The Morgan fingerprint density at radius 1 is 1.34 bits per heavy atom. The molecule has 0 bridgehead atoms. The van der Waals surface area contributed by atoms with Gasteiger partial charge in [-0.2, -0.15) is 0 Å². The number of aliphatic hydroxyl groups is 2. The van der Waals surface area contributed by atoms with Crippen molar-refractivity contribution in [2.24, 2.45) is 22.7 Å². The largest absolute Gasteiger partial charge is 0.458 e. The molecule has 3 fully saturated rings. The number of carbonyl (C=O) groups is 2. The van der Waals surface area contributed by atoms with Crippen molar-refractivity contribution >= 4 is 11.9 Å². The van der Waals surface area contributed by atoms with Gasteiger partial charge < -0.3 is 24.5 Å². The summed E-state index contributed by atoms with van der Waals surface area (Å²) < 4.78 is 10.6. The molecule has 0 unspecified atom stereocenters. The van der Waals surface area contributed by atoms with E-state index in [9.17, 15) is 29.9 Å². The Balaban J connectivity index is 1.66. The van der Waals surface area contributed by atoms with E-state index < -0.39 is 34.6 Å². The number of ether oxygens (including phenoxy) is 2. The molecule has 1 heterocycles. The first kappa shape index (κ1) is 27.1. The van der Waals surface area contributed by atoms with Crippen LogP contribution in [0.15, 0.2) is 23.8 Å². The molecular formula is C25H37NO9. The highest BCUT2D eigenvalue weighted by atomic mass is 16.9. The Kier molecular flexibility index (Phi) is 8.58. The van der Waals surface area contributed by atoms with E-state index in [1.807, 2.05) is 6.92 Å². The number of hydrogen-bond acceptors (Lipinski definition) is 9. The number of hydrogen-bond donors (Lipinski definition) is 2. The van der Waals surface area contributed by atoms with Crippen LogP contribution in [-0.4, -0.2) is 59.3 Å². The van der Waals surface area contributed by atoms with Crippen molar-refractivity contribution < 1.29 is 39.2 Å². The van der Waals surface area contributed by atoms with Gasteiger partial charge in [0.15, 0.2) is 6.10 Å². The van der Waals surface area contributed by atoms with E-state index in [1.165, 1.54) is 0 Å². The zero-order valence-corrected chi connectivity index (χ0v) is 20.6. The first-order valence-corrected chi connectivity index (χ1v) is 12.3. The van der Waals surface area contributed by atoms with Gasteiger partial charge in [0.25, 0.3) is 5.09 Å². The summed E-state index contributed by atoms with van der Waals surface area (Å²) in [4.78, 5) is 39.0. The highest BCUT2D eigenvalue weighted by Crippen LogP contribution is 2.61. The maximum atomic E-state index is 12.4. The lowest BCUT2D eigenvalue weighted by Gasteiger charge is -2.59. The highest BCUT2D eigenvalue weighted by molar-refractivity contribution is 5.92. The Bertz CT molecular complexity index is 871. The lowest BCUT2D eigenvalue weighted by molar-refractivity contribution is -0.757. The van der Waals surface area contributed by atoms with Crippen molar-refractivity contribution in [1.82, 2.24) is 0 Å². The maximum absolute atomic E-state index is 12.4. The second-order valence-corrected chi connectivity index (χ2v) is 10.5. The molecule has 2 saturated carbocycles. The predicted molar refractivity (Wildman–Crippen MR) is 124 cm³/mol. The second-order valence-electron chi connectivity index (χ2n) is 10.5. The van der Waals surface area contributed by atoms with Crippen LogP contribution in [0.25, 0.3) is 0 Å². The van der Waals surface area contributed by atoms with E-state index in [-0.39, 0.29) is 43.5 Å². The first-order valence-electron chi connectivity index (χ1n) is 12.3. The third kappa shape index (κ3) is 5.69. The van der Waals surface area contributed by atoms with Gasteiger partial charge in [0.1, 0.15) is 6.61 Å². The number of esters is 2. The van der Waals surface area contributed by atoms with Gasteiger partial charge in [-0.3, -0.25) is 4.79 Å². The molecule has 2 aliphatic carbocycles. The van der Waals surface area contributed by atoms with Gasteiger partial charge in [0.2, 0.25) is 0 Å². The Hall–Kier alpha value is -2.46. The molecule has 6 atom stereocenters. The molecule has 0 amide bonds. The molecule has 0 radical (unpaired) electrons. The van der Waals surface area contributed by atoms with Gasteiger partial charge >= 0.3 is 11.9 Å². The summed E-state index contributed by atoms with van der Waals surface area (Å²) >= 11 is 0. The fraction of sp³-hybridized carbons (Fsp3) is 0.760. The molecule has 3 rings (SSSR count). The van der Waals surface area contributed by atoms with Crippen LogP contribution < -0.4 is 0 Å². The molecule has 0 aromatic heterocycles. The van der Waals surface area contributed by atoms with Crippen LogP contribution >= 0.6 is 0 Å². The molecular weight excluding hydrogens is 458 g/mol. The van der Waals surface area contributed by atoms with Crippen molar-refractivity contribution in [3.05, 3.63) is 33.9 Å². The van der Waals surface area contributed by atoms with Crippen LogP contribution in [0.5, 0.6) is 0 Å². The fourth-order valence-electron chi connectivity index (χ4n) is 6.38. The SMILES string of the molecule is C=C1CC[C@@H]2[C@](C)(CO)[C@H](O)CC[C@@]2(C)[C@@H]1C/C=C1/C(=O)OC[C@H]1OC(=O)CCCCO[N+](=O)[O-]. The molecule has 2 N–H and O–H groups in total. The van der Waals surface area contributed by atoms with Crippen LogP contribution in [0.2, 0.25) is 0 Å². The van der Waals surface area contributed by atoms with E-state index in [2.05, 4.69) is 18.3 Å². The van der Waals surface area contributed by atoms with Crippen molar-refractivity contribution in [3.63, 3.8) is 0 Å². The standard InChI is InChI=1S/C25H37NO9/c1-16-7-10-20-24(2,12-11-21(28)25(20,3)15-27)18(16)9-8-17-19(14-33-23(17)30)35-22(29)6-4-5-13-34-26(31)32/h8,18-21,27-28H,1,4-7,9-15H2,2-3H3/b17-8+/t18-,19-,20+,21-,24+,25+/m1/s1. The molecule has 10 nitrogen and oxygen atoms in total. The van der Waals surface area contributed by atoms with Gasteiger partial charge in [0.05, 0.1) is 24.9 Å². The summed E-state index contributed by atoms with van der Waals surface area (Å²) in [6, 6.07) is 0. The lowest BCUT2D eigenvalue weighted by Crippen LogP contribution is -2.57. The zero-order chi connectivity index (χ0) is 25.8. The molecule has 0 spiro atoms. The van der Waals surface area contributed by atoms with E-state index in [4.69, 9.17) is 9.47 Å². The number of rotatable bonds is 10. The van der Waals surface area contributed by atoms with Crippen LogP contribution in [0.4, 0.5) is 0 Å². The van der Waals surface area contributed by atoms with E-state index >= 15 is 0 Å². The monoisotopic (exact) mass is 495 g/mol. The number of unbranched alkanes of at least 4 members (excludes halogenated alkanes) is 1. The first-order chi connectivity index (χ1) is 16.5. The van der Waals surface area contributed by atoms with E-state index in [1.54, 1.807) is 6.08 Å². The molecule has 35 heavy (non-hydrogen) atoms. The van der Waals surface area contributed by atoms with Gasteiger partial charge in [-0.25, -0.2) is 4.79 Å². The topological polar surface area (TPSA) is 145 Å². The van der Waals surface area contributed by atoms with Crippen LogP contribution in [-0.2, 0) is 23.9 Å². The number of cyclic esters (lactones) is 1. The number of nitrogens with zero attached hydrogens (tertiary/aromatic N) is 1. The number of allylic oxidation sites excluding steroid dienone is 2. The quantitative estimate of drug-likeness (QED) is 0.117. The van der Waals surface area contributed by atoms with Crippen LogP contribution in [0.3, 0.4) is 0 Å². The van der Waals surface area contributed by atoms with Crippen molar-refractivity contribution in [3.8, 4) is 0 Å². The van der Waals surface area contributed by atoms with E-state index in [0.717, 1.165) is 24.8 Å². The predicted octanol–water partition coefficient (Wildman–Crippen LogP) is 2.89. The number of carbonyl (C=O) groups excluding carboxylic acids is 2. The van der Waals surface area contributed by atoms with Crippen molar-refractivity contribution in [2.45, 2.75) is 77.4 Å². The van der Waals surface area contributed by atoms with Crippen molar-refractivity contribution in [1.29, 1.82) is 0 Å². The normalized spacial score (nSPS) is 35.9. The summed E-state index contributed by atoms with van der Waals surface area (Å²) in [5.74, 6) is -0.849. The third-order valence-corrected chi connectivity index (χ3v) is 8.46. The smallest absolute Gasteiger partial charge is 0.337 e. The van der Waals surface area contributed by atoms with Gasteiger partial charge in [-0.15, -0.1) is 10.1 Å². The van der Waals surface area contributed by atoms with Crippen LogP contribution in [0, 0.1) is 32.8 Å². The molecule has 0 aromatic carbocycles. The van der Waals surface area contributed by atoms with Gasteiger partial charge in [-0.1, -0.05) is 32.1 Å². The minimum atomic E-state index is -0.875. The van der Waals surface area contributed by atoms with Gasteiger partial charge in [0, 0.05) is 11.8 Å². The van der Waals surface area contributed by atoms with Gasteiger partial charge in [-0.05, 0) is 62.2 Å².